The highest BCUT2D eigenvalue weighted by atomic mass is 35.5. The highest BCUT2D eigenvalue weighted by Crippen LogP contribution is 2.26. The summed E-state index contributed by atoms with van der Waals surface area (Å²) in [5.74, 6) is -0.0153. The van der Waals surface area contributed by atoms with Crippen LogP contribution in [0.3, 0.4) is 0 Å². The fraction of sp³-hybridized carbons (Fsp3) is 0.385. The van der Waals surface area contributed by atoms with E-state index in [1.807, 2.05) is 6.07 Å². The van der Waals surface area contributed by atoms with E-state index in [-0.39, 0.29) is 11.9 Å². The van der Waals surface area contributed by atoms with E-state index < -0.39 is 0 Å². The molecule has 1 aliphatic heterocycles. The van der Waals surface area contributed by atoms with Crippen LogP contribution in [0.5, 0.6) is 0 Å². The number of carbonyl (C=O) groups is 1. The van der Waals surface area contributed by atoms with Crippen LogP contribution >= 0.6 is 11.6 Å². The second-order valence-corrected chi connectivity index (χ2v) is 4.84. The molecule has 1 saturated heterocycles. The number of anilines is 1. The first-order valence-corrected chi connectivity index (χ1v) is 6.19. The molecule has 5 heteroatoms. The van der Waals surface area contributed by atoms with Crippen molar-refractivity contribution in [2.45, 2.75) is 19.4 Å². The monoisotopic (exact) mass is 263 g/mol. The third-order valence-electron chi connectivity index (χ3n) is 3.02. The Balaban J connectivity index is 2.14. The van der Waals surface area contributed by atoms with Gasteiger partial charge in [-0.1, -0.05) is 11.6 Å². The van der Waals surface area contributed by atoms with Crippen LogP contribution in [0.1, 0.15) is 18.9 Å². The van der Waals surface area contributed by atoms with Crippen molar-refractivity contribution in [3.8, 4) is 6.07 Å². The van der Waals surface area contributed by atoms with Gasteiger partial charge in [0, 0.05) is 31.1 Å². The maximum atomic E-state index is 11.0. The van der Waals surface area contributed by atoms with E-state index >= 15 is 0 Å². The molecule has 1 aromatic carbocycles. The van der Waals surface area contributed by atoms with Crippen LogP contribution in [-0.2, 0) is 4.79 Å². The molecule has 1 fully saturated rings. The van der Waals surface area contributed by atoms with Crippen molar-refractivity contribution in [1.29, 1.82) is 5.26 Å². The molecule has 0 aliphatic carbocycles. The van der Waals surface area contributed by atoms with E-state index in [2.05, 4.69) is 16.3 Å². The van der Waals surface area contributed by atoms with Gasteiger partial charge in [0.15, 0.2) is 0 Å². The number of hydrogen-bond donors (Lipinski definition) is 1. The van der Waals surface area contributed by atoms with Crippen LogP contribution in [0.2, 0.25) is 5.02 Å². The summed E-state index contributed by atoms with van der Waals surface area (Å²) in [5, 5.41) is 12.6. The van der Waals surface area contributed by atoms with Gasteiger partial charge in [-0.05, 0) is 24.6 Å². The lowest BCUT2D eigenvalue weighted by atomic mass is 10.2. The third-order valence-corrected chi connectivity index (χ3v) is 3.25. The number of nitriles is 1. The lowest BCUT2D eigenvalue weighted by molar-refractivity contribution is -0.119. The lowest BCUT2D eigenvalue weighted by Crippen LogP contribution is -2.35. The summed E-state index contributed by atoms with van der Waals surface area (Å²) >= 11 is 5.87. The molecule has 1 unspecified atom stereocenters. The maximum Gasteiger partial charge on any atom is 0.217 e. The number of nitrogens with zero attached hydrogens (tertiary/aromatic N) is 2. The molecule has 0 spiro atoms. The molecule has 1 aromatic rings. The Morgan fingerprint density at radius 1 is 1.61 bits per heavy atom. The number of amides is 1. The molecule has 1 N–H and O–H groups in total. The van der Waals surface area contributed by atoms with Crippen molar-refractivity contribution in [2.24, 2.45) is 0 Å². The number of halogens is 1. The molecule has 1 heterocycles. The molecule has 0 bridgehead atoms. The number of hydrogen-bond acceptors (Lipinski definition) is 3. The topological polar surface area (TPSA) is 56.1 Å². The first-order chi connectivity index (χ1) is 8.60. The summed E-state index contributed by atoms with van der Waals surface area (Å²) in [6.07, 6.45) is 0.896. The summed E-state index contributed by atoms with van der Waals surface area (Å²) in [6.45, 7) is 3.09. The van der Waals surface area contributed by atoms with Gasteiger partial charge in [0.1, 0.15) is 6.07 Å². The van der Waals surface area contributed by atoms with Gasteiger partial charge < -0.3 is 10.2 Å². The van der Waals surface area contributed by atoms with Crippen LogP contribution in [0.15, 0.2) is 18.2 Å². The zero-order chi connectivity index (χ0) is 13.1. The first-order valence-electron chi connectivity index (χ1n) is 5.82. The third kappa shape index (κ3) is 2.74. The second-order valence-electron chi connectivity index (χ2n) is 4.41. The number of benzene rings is 1. The molecule has 94 valence electrons. The summed E-state index contributed by atoms with van der Waals surface area (Å²) < 4.78 is 0. The Morgan fingerprint density at radius 2 is 2.39 bits per heavy atom. The van der Waals surface area contributed by atoms with E-state index in [0.717, 1.165) is 25.2 Å². The normalized spacial score (nSPS) is 18.5. The summed E-state index contributed by atoms with van der Waals surface area (Å²) in [4.78, 5) is 13.1. The van der Waals surface area contributed by atoms with Crippen molar-refractivity contribution in [3.63, 3.8) is 0 Å². The molecule has 0 saturated carbocycles. The standard InChI is InChI=1S/C13H14ClN3O/c1-9(18)16-12-4-5-17(8-12)13-3-2-11(14)6-10(13)7-15/h2-3,6,12H,4-5,8H2,1H3,(H,16,18). The average Bonchev–Trinajstić information content (AvgIpc) is 2.76. The van der Waals surface area contributed by atoms with Crippen molar-refractivity contribution < 1.29 is 4.79 Å². The Labute approximate surface area is 111 Å². The molecule has 4 nitrogen and oxygen atoms in total. The molecular formula is C13H14ClN3O. The summed E-state index contributed by atoms with van der Waals surface area (Å²) in [5.41, 5.74) is 1.46. The Hall–Kier alpha value is -1.73. The molecule has 1 amide bonds. The van der Waals surface area contributed by atoms with Gasteiger partial charge in [-0.25, -0.2) is 0 Å². The van der Waals surface area contributed by atoms with Crippen LogP contribution in [0.4, 0.5) is 5.69 Å². The summed E-state index contributed by atoms with van der Waals surface area (Å²) in [7, 11) is 0. The number of carbonyl (C=O) groups excluding carboxylic acids is 1. The van der Waals surface area contributed by atoms with Crippen molar-refractivity contribution >= 4 is 23.2 Å². The van der Waals surface area contributed by atoms with E-state index in [1.165, 1.54) is 6.92 Å². The molecule has 1 aliphatic rings. The van der Waals surface area contributed by atoms with Gasteiger partial charge >= 0.3 is 0 Å². The van der Waals surface area contributed by atoms with E-state index in [4.69, 9.17) is 16.9 Å². The van der Waals surface area contributed by atoms with Gasteiger partial charge in [0.05, 0.1) is 11.3 Å². The van der Waals surface area contributed by atoms with Crippen LogP contribution in [0, 0.1) is 11.3 Å². The van der Waals surface area contributed by atoms with Crippen molar-refractivity contribution in [3.05, 3.63) is 28.8 Å². The lowest BCUT2D eigenvalue weighted by Gasteiger charge is -2.20. The highest BCUT2D eigenvalue weighted by molar-refractivity contribution is 6.30. The van der Waals surface area contributed by atoms with Crippen molar-refractivity contribution in [1.82, 2.24) is 5.32 Å². The van der Waals surface area contributed by atoms with Gasteiger partial charge in [-0.3, -0.25) is 4.79 Å². The predicted octanol–water partition coefficient (Wildman–Crippen LogP) is 1.93. The Bertz CT molecular complexity index is 509. The molecule has 1 atom stereocenters. The fourth-order valence-corrected chi connectivity index (χ4v) is 2.43. The van der Waals surface area contributed by atoms with Crippen molar-refractivity contribution in [2.75, 3.05) is 18.0 Å². The highest BCUT2D eigenvalue weighted by Gasteiger charge is 2.24. The average molecular weight is 264 g/mol. The Kier molecular flexibility index (Phi) is 3.73. The largest absolute Gasteiger partial charge is 0.368 e. The smallest absolute Gasteiger partial charge is 0.217 e. The van der Waals surface area contributed by atoms with Crippen LogP contribution < -0.4 is 10.2 Å². The first kappa shape index (κ1) is 12.7. The Morgan fingerprint density at radius 3 is 3.06 bits per heavy atom. The minimum atomic E-state index is -0.0153. The molecule has 0 radical (unpaired) electrons. The quantitative estimate of drug-likeness (QED) is 0.887. The van der Waals surface area contributed by atoms with E-state index in [0.29, 0.717) is 10.6 Å². The zero-order valence-electron chi connectivity index (χ0n) is 10.1. The minimum Gasteiger partial charge on any atom is -0.368 e. The van der Waals surface area contributed by atoms with Gasteiger partial charge in [-0.2, -0.15) is 5.26 Å². The van der Waals surface area contributed by atoms with Crippen LogP contribution in [-0.4, -0.2) is 25.0 Å². The molecule has 0 aromatic heterocycles. The zero-order valence-corrected chi connectivity index (χ0v) is 10.9. The molecular weight excluding hydrogens is 250 g/mol. The van der Waals surface area contributed by atoms with E-state index in [9.17, 15) is 4.79 Å². The van der Waals surface area contributed by atoms with Gasteiger partial charge in [0.2, 0.25) is 5.91 Å². The van der Waals surface area contributed by atoms with Crippen LogP contribution in [0.25, 0.3) is 0 Å². The molecule has 2 rings (SSSR count). The predicted molar refractivity (Wildman–Crippen MR) is 70.6 cm³/mol. The van der Waals surface area contributed by atoms with Gasteiger partial charge in [-0.15, -0.1) is 0 Å². The second kappa shape index (κ2) is 5.28. The SMILES string of the molecule is CC(=O)NC1CCN(c2ccc(Cl)cc2C#N)C1. The number of nitrogens with one attached hydrogen (secondary N) is 1. The summed E-state index contributed by atoms with van der Waals surface area (Å²) in [6, 6.07) is 7.62. The number of rotatable bonds is 2. The minimum absolute atomic E-state index is 0.0153. The van der Waals surface area contributed by atoms with Gasteiger partial charge in [0.25, 0.3) is 0 Å². The van der Waals surface area contributed by atoms with E-state index in [1.54, 1.807) is 12.1 Å². The maximum absolute atomic E-state index is 11.0. The fourth-order valence-electron chi connectivity index (χ4n) is 2.26. The molecule has 18 heavy (non-hydrogen) atoms.